The van der Waals surface area contributed by atoms with E-state index in [1.54, 1.807) is 7.05 Å². The van der Waals surface area contributed by atoms with Crippen molar-refractivity contribution in [1.82, 2.24) is 4.90 Å². The highest BCUT2D eigenvalue weighted by Gasteiger charge is 2.60. The van der Waals surface area contributed by atoms with Crippen molar-refractivity contribution in [2.45, 2.75) is 81.0 Å². The predicted octanol–water partition coefficient (Wildman–Crippen LogP) is 3.79. The van der Waals surface area contributed by atoms with E-state index in [1.807, 2.05) is 0 Å². The van der Waals surface area contributed by atoms with Crippen LogP contribution in [0.4, 0.5) is 0 Å². The van der Waals surface area contributed by atoms with Gasteiger partial charge in [0.2, 0.25) is 0 Å². The molecule has 0 aromatic rings. The molecule has 0 aliphatic heterocycles. The van der Waals surface area contributed by atoms with Crippen molar-refractivity contribution in [3.05, 3.63) is 0 Å². The van der Waals surface area contributed by atoms with Crippen LogP contribution >= 0.6 is 11.6 Å². The van der Waals surface area contributed by atoms with Gasteiger partial charge in [-0.1, -0.05) is 19.3 Å². The van der Waals surface area contributed by atoms with Gasteiger partial charge in [0.1, 0.15) is 5.54 Å². The largest absolute Gasteiger partial charge is 0.455 e. The van der Waals surface area contributed by atoms with E-state index in [1.165, 1.54) is 11.3 Å². The Kier molecular flexibility index (Phi) is 4.70. The van der Waals surface area contributed by atoms with Crippen LogP contribution in [0.25, 0.3) is 0 Å². The molecule has 5 rings (SSSR count). The molecule has 5 nitrogen and oxygen atoms in total. The Hall–Kier alpha value is -1.28. The van der Waals surface area contributed by atoms with Gasteiger partial charge in [-0.15, -0.1) is 11.6 Å². The number of nitriles is 1. The van der Waals surface area contributed by atoms with Crippen LogP contribution < -0.4 is 0 Å². The van der Waals surface area contributed by atoms with Crippen molar-refractivity contribution in [3.63, 3.8) is 0 Å². The molecule has 0 aromatic carbocycles. The molecule has 27 heavy (non-hydrogen) atoms. The summed E-state index contributed by atoms with van der Waals surface area (Å²) in [6.45, 7) is -0.273. The summed E-state index contributed by atoms with van der Waals surface area (Å²) in [6.07, 6.45) is 9.97. The average Bonchev–Trinajstić information content (AvgIpc) is 2.63. The molecule has 5 fully saturated rings. The molecular weight excluding hydrogens is 364 g/mol. The molecule has 4 bridgehead atoms. The summed E-state index contributed by atoms with van der Waals surface area (Å²) in [5, 5.41) is 9.65. The van der Waals surface area contributed by atoms with E-state index in [9.17, 15) is 14.9 Å². The Labute approximate surface area is 166 Å². The molecule has 0 N–H and O–H groups in total. The summed E-state index contributed by atoms with van der Waals surface area (Å²) in [7, 11) is 1.67. The predicted molar refractivity (Wildman–Crippen MR) is 101 cm³/mol. The van der Waals surface area contributed by atoms with Gasteiger partial charge in [-0.3, -0.25) is 9.59 Å². The quantitative estimate of drug-likeness (QED) is 0.539. The van der Waals surface area contributed by atoms with E-state index in [2.05, 4.69) is 6.07 Å². The van der Waals surface area contributed by atoms with Crippen molar-refractivity contribution in [2.75, 3.05) is 13.7 Å². The second kappa shape index (κ2) is 6.65. The Morgan fingerprint density at radius 2 is 1.78 bits per heavy atom. The molecule has 1 amide bonds. The Bertz CT molecular complexity index is 665. The maximum atomic E-state index is 13.0. The van der Waals surface area contributed by atoms with Crippen molar-refractivity contribution in [3.8, 4) is 6.07 Å². The number of halogens is 1. The maximum Gasteiger partial charge on any atom is 0.312 e. The second-order valence-corrected chi connectivity index (χ2v) is 10.4. The molecule has 148 valence electrons. The lowest BCUT2D eigenvalue weighted by Gasteiger charge is -2.58. The lowest BCUT2D eigenvalue weighted by Crippen LogP contribution is -2.57. The zero-order valence-corrected chi connectivity index (χ0v) is 16.9. The van der Waals surface area contributed by atoms with Crippen LogP contribution in [0.15, 0.2) is 0 Å². The minimum Gasteiger partial charge on any atom is -0.455 e. The number of esters is 1. The second-order valence-electron chi connectivity index (χ2n) is 9.63. The molecule has 0 aromatic heterocycles. The first-order valence-corrected chi connectivity index (χ1v) is 10.7. The summed E-state index contributed by atoms with van der Waals surface area (Å²) < 4.78 is 5.54. The lowest BCUT2D eigenvalue weighted by atomic mass is 9.49. The van der Waals surface area contributed by atoms with Gasteiger partial charge in [0.25, 0.3) is 5.91 Å². The number of rotatable bonds is 4. The maximum absolute atomic E-state index is 13.0. The number of amides is 1. The Balaban J connectivity index is 1.39. The summed E-state index contributed by atoms with van der Waals surface area (Å²) in [6, 6.07) is 2.35. The van der Waals surface area contributed by atoms with Crippen LogP contribution in [0, 0.1) is 28.6 Å². The molecular formula is C21H29ClN2O3. The number of carbonyl (C=O) groups excluding carboxylic acids is 2. The molecule has 0 unspecified atom stereocenters. The van der Waals surface area contributed by atoms with Crippen LogP contribution in [0.1, 0.15) is 70.6 Å². The summed E-state index contributed by atoms with van der Waals surface area (Å²) in [5.74, 6) is 0.493. The highest BCUT2D eigenvalue weighted by atomic mass is 35.5. The van der Waals surface area contributed by atoms with E-state index in [0.29, 0.717) is 31.1 Å². The molecule has 5 saturated carbocycles. The smallest absolute Gasteiger partial charge is 0.312 e. The summed E-state index contributed by atoms with van der Waals surface area (Å²) in [4.78, 5) is 26.9. The molecule has 0 saturated heterocycles. The molecule has 0 spiro atoms. The third-order valence-corrected chi connectivity index (χ3v) is 8.10. The Morgan fingerprint density at radius 3 is 2.33 bits per heavy atom. The van der Waals surface area contributed by atoms with E-state index in [4.69, 9.17) is 16.3 Å². The first-order chi connectivity index (χ1) is 12.8. The van der Waals surface area contributed by atoms with E-state index in [-0.39, 0.29) is 23.4 Å². The minimum atomic E-state index is -0.747. The molecule has 5 aliphatic carbocycles. The van der Waals surface area contributed by atoms with Gasteiger partial charge in [-0.05, 0) is 63.2 Å². The standard InChI is InChI=1S/C21H29ClN2O3/c1-24(21(14-23)5-3-2-4-6-21)17(25)12-27-18(26)19-8-15-7-16(9-19)11-20(22,10-15)13-19/h15-16H,2-13H2,1H3/t15-,16-,19?,20?/m0/s1. The average molecular weight is 393 g/mol. The van der Waals surface area contributed by atoms with Gasteiger partial charge >= 0.3 is 5.97 Å². The van der Waals surface area contributed by atoms with Crippen molar-refractivity contribution in [2.24, 2.45) is 17.3 Å². The van der Waals surface area contributed by atoms with Gasteiger partial charge in [0.15, 0.2) is 6.61 Å². The first kappa shape index (κ1) is 19.1. The lowest BCUT2D eigenvalue weighted by molar-refractivity contribution is -0.173. The van der Waals surface area contributed by atoms with Crippen molar-refractivity contribution < 1.29 is 14.3 Å². The van der Waals surface area contributed by atoms with Crippen LogP contribution in [0.3, 0.4) is 0 Å². The number of alkyl halides is 1. The number of likely N-dealkylation sites (N-methyl/N-ethyl adjacent to an activating group) is 1. The number of hydrogen-bond acceptors (Lipinski definition) is 4. The van der Waals surface area contributed by atoms with Crippen molar-refractivity contribution in [1.29, 1.82) is 5.26 Å². The van der Waals surface area contributed by atoms with Crippen LogP contribution in [0.2, 0.25) is 0 Å². The number of ether oxygens (including phenoxy) is 1. The Morgan fingerprint density at radius 1 is 1.15 bits per heavy atom. The summed E-state index contributed by atoms with van der Waals surface area (Å²) in [5.41, 5.74) is -1.24. The van der Waals surface area contributed by atoms with Crippen LogP contribution in [0.5, 0.6) is 0 Å². The minimum absolute atomic E-state index is 0.252. The molecule has 2 atom stereocenters. The zero-order chi connectivity index (χ0) is 19.3. The topological polar surface area (TPSA) is 70.4 Å². The number of carbonyl (C=O) groups is 2. The fourth-order valence-electron chi connectivity index (χ4n) is 6.66. The molecule has 0 heterocycles. The monoisotopic (exact) mass is 392 g/mol. The van der Waals surface area contributed by atoms with Gasteiger partial charge in [0.05, 0.1) is 11.5 Å². The van der Waals surface area contributed by atoms with E-state index in [0.717, 1.165) is 44.9 Å². The number of nitrogens with zero attached hydrogens (tertiary/aromatic N) is 2. The SMILES string of the molecule is CN(C(=O)COC(=O)C12C[C@@H]3C[C@H](CC(Cl)(C3)C1)C2)C1(C#N)CCCCC1. The van der Waals surface area contributed by atoms with E-state index >= 15 is 0 Å². The fourth-order valence-corrected chi connectivity index (χ4v) is 7.36. The third-order valence-electron chi connectivity index (χ3n) is 7.65. The fraction of sp³-hybridized carbons (Fsp3) is 0.857. The zero-order valence-electron chi connectivity index (χ0n) is 16.1. The van der Waals surface area contributed by atoms with Crippen LogP contribution in [-0.2, 0) is 14.3 Å². The van der Waals surface area contributed by atoms with Crippen LogP contribution in [-0.4, -0.2) is 40.8 Å². The van der Waals surface area contributed by atoms with Gasteiger partial charge < -0.3 is 9.64 Å². The number of hydrogen-bond donors (Lipinski definition) is 0. The normalized spacial score (nSPS) is 38.9. The molecule has 6 heteroatoms. The van der Waals surface area contributed by atoms with E-state index < -0.39 is 11.0 Å². The highest BCUT2D eigenvalue weighted by Crippen LogP contribution is 2.64. The molecule has 0 radical (unpaired) electrons. The van der Waals surface area contributed by atoms with Gasteiger partial charge in [0, 0.05) is 11.9 Å². The van der Waals surface area contributed by atoms with Crippen molar-refractivity contribution >= 4 is 23.5 Å². The van der Waals surface area contributed by atoms with Gasteiger partial charge in [-0.2, -0.15) is 5.26 Å². The third kappa shape index (κ3) is 3.24. The first-order valence-electron chi connectivity index (χ1n) is 10.3. The summed E-state index contributed by atoms with van der Waals surface area (Å²) >= 11 is 6.80. The molecule has 5 aliphatic rings. The van der Waals surface area contributed by atoms with Gasteiger partial charge in [-0.25, -0.2) is 0 Å². The highest BCUT2D eigenvalue weighted by molar-refractivity contribution is 6.24.